The molecule has 12 N–H and O–H groups in total. The van der Waals surface area contributed by atoms with E-state index >= 15 is 0 Å². The van der Waals surface area contributed by atoms with Crippen molar-refractivity contribution in [2.24, 2.45) is 23.5 Å². The van der Waals surface area contributed by atoms with Gasteiger partial charge in [0.2, 0.25) is 0 Å². The third-order valence-corrected chi connectivity index (χ3v) is 11.9. The number of rotatable bonds is 3. The molecule has 366 valence electrons. The van der Waals surface area contributed by atoms with Gasteiger partial charge in [-0.25, -0.2) is 0 Å². The molecule has 0 aromatic carbocycles. The molecule has 2 bridgehead atoms. The molecule has 6 unspecified atom stereocenters. The van der Waals surface area contributed by atoms with Crippen LogP contribution in [-0.2, 0) is 33.3 Å². The number of aliphatic hydroxyl groups excluding tert-OH is 8. The summed E-state index contributed by atoms with van der Waals surface area (Å²) in [5.74, 6) is -7.57. The summed E-state index contributed by atoms with van der Waals surface area (Å²) in [6, 6.07) is -1.15. The van der Waals surface area contributed by atoms with E-state index in [4.69, 9.17) is 24.7 Å². The van der Waals surface area contributed by atoms with Gasteiger partial charge in [0.15, 0.2) is 12.1 Å². The zero-order valence-corrected chi connectivity index (χ0v) is 37.5. The summed E-state index contributed by atoms with van der Waals surface area (Å²) < 4.78 is 23.1. The van der Waals surface area contributed by atoms with Crippen molar-refractivity contribution < 1.29 is 84.4 Å². The molecule has 3 heterocycles. The summed E-state index contributed by atoms with van der Waals surface area (Å²) in [5, 5.41) is 107. The van der Waals surface area contributed by atoms with Gasteiger partial charge in [-0.3, -0.25) is 14.4 Å². The Morgan fingerprint density at radius 3 is 1.80 bits per heavy atom. The molecule has 0 spiro atoms. The molecule has 65 heavy (non-hydrogen) atoms. The van der Waals surface area contributed by atoms with Gasteiger partial charge in [-0.15, -0.1) is 0 Å². The van der Waals surface area contributed by atoms with Crippen LogP contribution in [0.5, 0.6) is 0 Å². The minimum Gasteiger partial charge on any atom is -0.481 e. The Hall–Kier alpha value is -3.73. The van der Waals surface area contributed by atoms with Crippen molar-refractivity contribution in [1.29, 1.82) is 0 Å². The van der Waals surface area contributed by atoms with E-state index in [1.54, 1.807) is 86.8 Å². The zero-order valence-electron chi connectivity index (χ0n) is 37.5. The number of carbonyl (C=O) groups excluding carboxylic acids is 2. The van der Waals surface area contributed by atoms with Gasteiger partial charge in [0.1, 0.15) is 23.9 Å². The molecule has 0 amide bonds. The maximum Gasteiger partial charge on any atom is 0.311 e. The lowest BCUT2D eigenvalue weighted by Gasteiger charge is -2.45. The fraction of sp³-hybridized carbons (Fsp3) is 0.638. The van der Waals surface area contributed by atoms with Crippen LogP contribution < -0.4 is 5.73 Å². The molecule has 18 nitrogen and oxygen atoms in total. The molecule has 18 atom stereocenters. The number of hydrogen-bond donors (Lipinski definition) is 11. The van der Waals surface area contributed by atoms with E-state index < -0.39 is 153 Å². The van der Waals surface area contributed by atoms with Crippen molar-refractivity contribution in [2.75, 3.05) is 0 Å². The number of cyclic esters (lactones) is 1. The molecule has 0 saturated carbocycles. The largest absolute Gasteiger partial charge is 0.481 e. The first-order chi connectivity index (χ1) is 30.6. The molecule has 2 fully saturated rings. The number of Topliss-reactive ketones (excluding diaryl/α,β-unsaturated/α-hetero) is 1. The second-order valence-electron chi connectivity index (χ2n) is 17.4. The summed E-state index contributed by atoms with van der Waals surface area (Å²) >= 11 is 0. The van der Waals surface area contributed by atoms with Crippen LogP contribution in [0, 0.1) is 17.8 Å². The Labute approximate surface area is 380 Å². The minimum atomic E-state index is -2.37. The first kappa shape index (κ1) is 55.6. The Bertz CT molecular complexity index is 1710. The van der Waals surface area contributed by atoms with Crippen LogP contribution in [0.1, 0.15) is 79.1 Å². The van der Waals surface area contributed by atoms with E-state index in [-0.39, 0.29) is 25.2 Å². The molecular formula is C47H71NO17. The van der Waals surface area contributed by atoms with E-state index in [9.17, 15) is 65.4 Å². The Kier molecular flexibility index (Phi) is 23.2. The van der Waals surface area contributed by atoms with Crippen LogP contribution >= 0.6 is 0 Å². The standard InChI is InChI=1S/C47H71NO17/c1-27-17-15-13-11-9-7-5-6-8-10-12-14-16-18-34(64-46-44(58)41(48)43(57)30(4)63-46)24-38-40(45(59)60)37(54)26-47(61,65-38)25-36(53)35(52)20-19-31(49)21-32(50)22-33(51)23-39(55)62-29(3)28(2)42(27)56/h5-18,27-31,33-38,40-44,46,49,51-54,56-58,61H,19-26,48H2,1-4H3,(H,59,60)/b6-5+,9-7+,10-8+,13-11+,14-12+,17-15+,18-16+/t27-,28-,29-,30?,31+,33+,34-,35+,36+,37-,38?,40+,41?,42+,43?,44?,46?,47+/m0/s1. The number of ketones is 1. The predicted octanol–water partition coefficient (Wildman–Crippen LogP) is 0.920. The number of fused-ring (bicyclic) bond motifs is 2. The second kappa shape index (κ2) is 27.2. The smallest absolute Gasteiger partial charge is 0.311 e. The summed E-state index contributed by atoms with van der Waals surface area (Å²) in [4.78, 5) is 37.7. The average Bonchev–Trinajstić information content (AvgIpc) is 3.21. The Morgan fingerprint density at radius 1 is 0.677 bits per heavy atom. The molecule has 18 heteroatoms. The van der Waals surface area contributed by atoms with Crippen molar-refractivity contribution in [1.82, 2.24) is 0 Å². The van der Waals surface area contributed by atoms with Crippen LogP contribution in [0.4, 0.5) is 0 Å². The molecule has 2 saturated heterocycles. The lowest BCUT2D eigenvalue weighted by Crippen LogP contribution is -2.61. The van der Waals surface area contributed by atoms with Crippen molar-refractivity contribution in [3.8, 4) is 0 Å². The van der Waals surface area contributed by atoms with Crippen LogP contribution in [0.2, 0.25) is 0 Å². The number of allylic oxidation sites excluding steroid dienone is 12. The highest BCUT2D eigenvalue weighted by atomic mass is 16.7. The summed E-state index contributed by atoms with van der Waals surface area (Å²) in [6.07, 6.45) is 3.75. The van der Waals surface area contributed by atoms with E-state index in [0.717, 1.165) is 0 Å². The van der Waals surface area contributed by atoms with E-state index in [0.29, 0.717) is 0 Å². The first-order valence-corrected chi connectivity index (χ1v) is 22.2. The topological polar surface area (TPSA) is 316 Å². The minimum absolute atomic E-state index is 0.201. The number of ether oxygens (including phenoxy) is 4. The van der Waals surface area contributed by atoms with Gasteiger partial charge in [0.25, 0.3) is 0 Å². The van der Waals surface area contributed by atoms with Crippen molar-refractivity contribution >= 4 is 17.7 Å². The summed E-state index contributed by atoms with van der Waals surface area (Å²) in [5.41, 5.74) is 6.01. The molecule has 3 aliphatic rings. The van der Waals surface area contributed by atoms with Crippen LogP contribution in [0.15, 0.2) is 85.1 Å². The van der Waals surface area contributed by atoms with Gasteiger partial charge in [0.05, 0.1) is 73.5 Å². The van der Waals surface area contributed by atoms with Crippen LogP contribution in [0.25, 0.3) is 0 Å². The van der Waals surface area contributed by atoms with Gasteiger partial charge in [-0.05, 0) is 26.7 Å². The molecule has 0 aromatic heterocycles. The van der Waals surface area contributed by atoms with Crippen molar-refractivity contribution in [3.05, 3.63) is 85.1 Å². The van der Waals surface area contributed by atoms with Gasteiger partial charge < -0.3 is 75.7 Å². The molecule has 3 aliphatic heterocycles. The third-order valence-electron chi connectivity index (χ3n) is 11.9. The predicted molar refractivity (Wildman–Crippen MR) is 236 cm³/mol. The Balaban J connectivity index is 1.86. The maximum atomic E-state index is 12.7. The normalized spacial score (nSPS) is 44.4. The zero-order chi connectivity index (χ0) is 48.4. The van der Waals surface area contributed by atoms with E-state index in [1.165, 1.54) is 13.0 Å². The van der Waals surface area contributed by atoms with Gasteiger partial charge in [-0.1, -0.05) is 98.9 Å². The summed E-state index contributed by atoms with van der Waals surface area (Å²) in [6.45, 7) is 6.69. The number of aliphatic hydroxyl groups is 9. The van der Waals surface area contributed by atoms with Crippen molar-refractivity contribution in [2.45, 2.75) is 170 Å². The highest BCUT2D eigenvalue weighted by Gasteiger charge is 2.51. The SMILES string of the molecule is CC1OC(O[C@H]2/C=C/C=C/C=C/C=C/C=C/C=C/C=C/[C@H](C)[C@@H](O)[C@@H](C)[C@H](C)OC(=O)C[C@H](O)CC(=O)C[C@H](O)CC[C@@H](O)[C@H](O)C[C@]3(O)C[C@H](O)[C@@H](C(=O)O)C(C2)O3)C(O)C(N)C1O. The number of carboxylic acid groups (broad SMARTS) is 1. The number of carbonyl (C=O) groups is 3. The fourth-order valence-corrected chi connectivity index (χ4v) is 7.81. The van der Waals surface area contributed by atoms with Gasteiger partial charge >= 0.3 is 11.9 Å². The highest BCUT2D eigenvalue weighted by Crippen LogP contribution is 2.38. The lowest BCUT2D eigenvalue weighted by atomic mass is 9.82. The molecule has 0 aromatic rings. The van der Waals surface area contributed by atoms with E-state index in [1.807, 2.05) is 13.0 Å². The monoisotopic (exact) mass is 921 g/mol. The van der Waals surface area contributed by atoms with Crippen molar-refractivity contribution in [3.63, 3.8) is 0 Å². The third kappa shape index (κ3) is 18.5. The molecule has 0 radical (unpaired) electrons. The number of nitrogens with two attached hydrogens (primary N) is 1. The first-order valence-electron chi connectivity index (χ1n) is 22.2. The molecule has 0 aliphatic carbocycles. The molecular weight excluding hydrogens is 851 g/mol. The summed E-state index contributed by atoms with van der Waals surface area (Å²) in [7, 11) is 0. The average molecular weight is 922 g/mol. The van der Waals surface area contributed by atoms with Crippen LogP contribution in [0.3, 0.4) is 0 Å². The van der Waals surface area contributed by atoms with Gasteiger partial charge in [-0.2, -0.15) is 0 Å². The fourth-order valence-electron chi connectivity index (χ4n) is 7.81. The second-order valence-corrected chi connectivity index (χ2v) is 17.4. The van der Waals surface area contributed by atoms with Crippen LogP contribution in [-0.4, -0.2) is 160 Å². The number of esters is 1. The lowest BCUT2D eigenvalue weighted by molar-refractivity contribution is -0.310. The quantitative estimate of drug-likeness (QED) is 0.175. The van der Waals surface area contributed by atoms with E-state index in [2.05, 4.69) is 0 Å². The maximum absolute atomic E-state index is 12.7. The number of hydrogen-bond acceptors (Lipinski definition) is 17. The van der Waals surface area contributed by atoms with Gasteiger partial charge in [0, 0.05) is 43.9 Å². The molecule has 3 rings (SSSR count). The number of aliphatic carboxylic acids is 1. The number of carboxylic acids is 1. The Morgan fingerprint density at radius 2 is 1.22 bits per heavy atom. The highest BCUT2D eigenvalue weighted by molar-refractivity contribution is 5.80.